The van der Waals surface area contributed by atoms with E-state index in [1.807, 2.05) is 37.3 Å². The number of sulfonamides is 1. The number of nitrogens with one attached hydrogen (secondary N) is 1. The van der Waals surface area contributed by atoms with Crippen LogP contribution in [0, 0.1) is 12.8 Å². The van der Waals surface area contributed by atoms with Crippen molar-refractivity contribution in [1.82, 2.24) is 14.7 Å². The van der Waals surface area contributed by atoms with Crippen molar-refractivity contribution < 1.29 is 13.2 Å². The van der Waals surface area contributed by atoms with Crippen LogP contribution in [0.2, 0.25) is 0 Å². The number of rotatable bonds is 8. The van der Waals surface area contributed by atoms with Crippen molar-refractivity contribution in [1.29, 1.82) is 0 Å². The molecule has 0 radical (unpaired) electrons. The third-order valence-electron chi connectivity index (χ3n) is 7.17. The molecule has 0 aliphatic carbocycles. The summed E-state index contributed by atoms with van der Waals surface area (Å²) in [4.78, 5) is 24.8. The molecule has 206 valence electrons. The lowest BCUT2D eigenvalue weighted by atomic mass is 9.90. The highest BCUT2D eigenvalue weighted by molar-refractivity contribution is 9.10. The van der Waals surface area contributed by atoms with Crippen LogP contribution >= 0.6 is 15.9 Å². The fourth-order valence-corrected chi connectivity index (χ4v) is 6.26. The van der Waals surface area contributed by atoms with Gasteiger partial charge in [-0.25, -0.2) is 23.1 Å². The van der Waals surface area contributed by atoms with Crippen LogP contribution in [0.1, 0.15) is 45.6 Å². The molecule has 0 unspecified atom stereocenters. The van der Waals surface area contributed by atoms with Gasteiger partial charge in [0.05, 0.1) is 16.2 Å². The van der Waals surface area contributed by atoms with Gasteiger partial charge in [0.1, 0.15) is 0 Å². The lowest BCUT2D eigenvalue weighted by Crippen LogP contribution is -2.36. The summed E-state index contributed by atoms with van der Waals surface area (Å²) in [6.07, 6.45) is 4.94. The monoisotopic (exact) mass is 618 g/mol. The number of amides is 1. The molecule has 1 aliphatic rings. The highest BCUT2D eigenvalue weighted by Gasteiger charge is 2.25. The van der Waals surface area contributed by atoms with E-state index < -0.39 is 15.9 Å². The van der Waals surface area contributed by atoms with Gasteiger partial charge in [-0.15, -0.1) is 0 Å². The van der Waals surface area contributed by atoms with E-state index in [1.54, 1.807) is 12.1 Å². The van der Waals surface area contributed by atoms with Crippen LogP contribution < -0.4 is 9.62 Å². The maximum atomic E-state index is 13.3. The van der Waals surface area contributed by atoms with Crippen molar-refractivity contribution in [2.45, 2.75) is 37.5 Å². The number of piperidine rings is 1. The number of anilines is 1. The van der Waals surface area contributed by atoms with Crippen LogP contribution in [-0.2, 0) is 22.9 Å². The molecule has 5 rings (SSSR count). The minimum Gasteiger partial charge on any atom is -0.341 e. The quantitative estimate of drug-likeness (QED) is 0.272. The van der Waals surface area contributed by atoms with Gasteiger partial charge in [0.15, 0.2) is 0 Å². The lowest BCUT2D eigenvalue weighted by molar-refractivity contribution is 0.0980. The SMILES string of the molecule is Cc1cccc(Cc2nc(N3CCC(Cc4ccccc4)CC3)ncc2C(=O)NS(=O)(=O)c2ccc(Br)cc2)c1. The van der Waals surface area contributed by atoms with E-state index in [0.29, 0.717) is 24.0 Å². The Balaban J connectivity index is 1.37. The van der Waals surface area contributed by atoms with Crippen molar-refractivity contribution in [3.63, 3.8) is 0 Å². The van der Waals surface area contributed by atoms with Gasteiger partial charge in [-0.1, -0.05) is 76.1 Å². The van der Waals surface area contributed by atoms with Gasteiger partial charge in [0.2, 0.25) is 5.95 Å². The molecule has 4 aromatic rings. The van der Waals surface area contributed by atoms with Crippen molar-refractivity contribution in [2.75, 3.05) is 18.0 Å². The summed E-state index contributed by atoms with van der Waals surface area (Å²) in [6.45, 7) is 3.66. The first kappa shape index (κ1) is 28.0. The standard InChI is InChI=1S/C31H31BrN4O3S/c1-22-6-5-9-25(18-22)20-29-28(30(37)35-40(38,39)27-12-10-26(32)11-13-27)21-33-31(34-29)36-16-14-24(15-17-36)19-23-7-3-2-4-8-23/h2-13,18,21,24H,14-17,19-20H2,1H3,(H,35,37). The Bertz CT molecular complexity index is 1590. The summed E-state index contributed by atoms with van der Waals surface area (Å²) in [5.74, 6) is 0.408. The van der Waals surface area contributed by atoms with Crippen LogP contribution in [0.3, 0.4) is 0 Å². The molecule has 1 saturated heterocycles. The Labute approximate surface area is 243 Å². The Morgan fingerprint density at radius 2 is 1.68 bits per heavy atom. The molecule has 2 heterocycles. The van der Waals surface area contributed by atoms with Crippen molar-refractivity contribution in [3.8, 4) is 0 Å². The predicted molar refractivity (Wildman–Crippen MR) is 160 cm³/mol. The number of aromatic nitrogens is 2. The van der Waals surface area contributed by atoms with Crippen molar-refractivity contribution >= 4 is 37.8 Å². The molecule has 0 spiro atoms. The molecule has 1 aromatic heterocycles. The second-order valence-electron chi connectivity index (χ2n) is 10.2. The van der Waals surface area contributed by atoms with E-state index in [1.165, 1.54) is 23.9 Å². The second kappa shape index (κ2) is 12.3. The Morgan fingerprint density at radius 1 is 0.975 bits per heavy atom. The third-order valence-corrected chi connectivity index (χ3v) is 9.04. The maximum Gasteiger partial charge on any atom is 0.268 e. The van der Waals surface area contributed by atoms with Crippen LogP contribution in [0.25, 0.3) is 0 Å². The molecule has 40 heavy (non-hydrogen) atoms. The number of carbonyl (C=O) groups excluding carboxylic acids is 1. The highest BCUT2D eigenvalue weighted by Crippen LogP contribution is 2.25. The van der Waals surface area contributed by atoms with Crippen LogP contribution in [0.15, 0.2) is 94.4 Å². The Hall–Kier alpha value is -3.56. The number of hydrogen-bond acceptors (Lipinski definition) is 6. The summed E-state index contributed by atoms with van der Waals surface area (Å²) in [7, 11) is -4.07. The first-order chi connectivity index (χ1) is 19.3. The number of carbonyl (C=O) groups is 1. The summed E-state index contributed by atoms with van der Waals surface area (Å²) >= 11 is 3.30. The molecule has 1 N–H and O–H groups in total. The fourth-order valence-electron chi connectivity index (χ4n) is 5.03. The van der Waals surface area contributed by atoms with Crippen molar-refractivity contribution in [3.05, 3.63) is 117 Å². The molecule has 1 amide bonds. The number of benzene rings is 3. The number of aryl methyl sites for hydroxylation is 1. The topological polar surface area (TPSA) is 92.3 Å². The minimum absolute atomic E-state index is 0.000182. The molecule has 0 bridgehead atoms. The Morgan fingerprint density at radius 3 is 2.38 bits per heavy atom. The number of halogens is 1. The summed E-state index contributed by atoms with van der Waals surface area (Å²) < 4.78 is 28.8. The van der Waals surface area contributed by atoms with Crippen molar-refractivity contribution in [2.24, 2.45) is 5.92 Å². The first-order valence-corrected chi connectivity index (χ1v) is 15.6. The third kappa shape index (κ3) is 6.95. The van der Waals surface area contributed by atoms with Gasteiger partial charge in [-0.2, -0.15) is 0 Å². The maximum absolute atomic E-state index is 13.3. The van der Waals surface area contributed by atoms with Gasteiger partial charge in [-0.3, -0.25) is 4.79 Å². The largest absolute Gasteiger partial charge is 0.341 e. The first-order valence-electron chi connectivity index (χ1n) is 13.3. The predicted octanol–water partition coefficient (Wildman–Crippen LogP) is 5.72. The van der Waals surface area contributed by atoms with E-state index in [-0.39, 0.29) is 10.5 Å². The molecule has 1 fully saturated rings. The van der Waals surface area contributed by atoms with Gasteiger partial charge in [0.25, 0.3) is 15.9 Å². The molecular formula is C31H31BrN4O3S. The Kier molecular flexibility index (Phi) is 8.61. The summed E-state index contributed by atoms with van der Waals surface area (Å²) in [6, 6.07) is 24.6. The van der Waals surface area contributed by atoms with E-state index in [0.717, 1.165) is 48.0 Å². The molecule has 0 saturated carbocycles. The fraction of sp³-hybridized carbons (Fsp3) is 0.258. The zero-order valence-electron chi connectivity index (χ0n) is 22.3. The smallest absolute Gasteiger partial charge is 0.268 e. The lowest BCUT2D eigenvalue weighted by Gasteiger charge is -2.32. The van der Waals surface area contributed by atoms with E-state index in [2.05, 4.69) is 54.8 Å². The van der Waals surface area contributed by atoms with Crippen LogP contribution in [-0.4, -0.2) is 37.4 Å². The van der Waals surface area contributed by atoms with E-state index in [4.69, 9.17) is 4.98 Å². The zero-order chi connectivity index (χ0) is 28.1. The van der Waals surface area contributed by atoms with Gasteiger partial charge < -0.3 is 4.90 Å². The molecule has 7 nitrogen and oxygen atoms in total. The average Bonchev–Trinajstić information content (AvgIpc) is 2.94. The van der Waals surface area contributed by atoms with Gasteiger partial charge >= 0.3 is 0 Å². The molecule has 1 aliphatic heterocycles. The van der Waals surface area contributed by atoms with Gasteiger partial charge in [0, 0.05) is 30.2 Å². The summed E-state index contributed by atoms with van der Waals surface area (Å²) in [5, 5.41) is 0. The normalized spacial score (nSPS) is 14.2. The van der Waals surface area contributed by atoms with Crippen LogP contribution in [0.4, 0.5) is 5.95 Å². The minimum atomic E-state index is -4.07. The molecular weight excluding hydrogens is 588 g/mol. The molecule has 3 aromatic carbocycles. The average molecular weight is 620 g/mol. The molecule has 0 atom stereocenters. The number of nitrogens with zero attached hydrogens (tertiary/aromatic N) is 3. The summed E-state index contributed by atoms with van der Waals surface area (Å²) in [5.41, 5.74) is 4.06. The van der Waals surface area contributed by atoms with Gasteiger partial charge in [-0.05, 0) is 67.5 Å². The van der Waals surface area contributed by atoms with E-state index >= 15 is 0 Å². The highest BCUT2D eigenvalue weighted by atomic mass is 79.9. The molecule has 9 heteroatoms. The van der Waals surface area contributed by atoms with E-state index in [9.17, 15) is 13.2 Å². The number of hydrogen-bond donors (Lipinski definition) is 1. The van der Waals surface area contributed by atoms with Crippen LogP contribution in [0.5, 0.6) is 0 Å². The second-order valence-corrected chi connectivity index (χ2v) is 12.8. The zero-order valence-corrected chi connectivity index (χ0v) is 24.7.